The number of benzene rings is 2. The van der Waals surface area contributed by atoms with E-state index in [2.05, 4.69) is 5.32 Å². The largest absolute Gasteiger partial charge is 0.479 e. The zero-order valence-corrected chi connectivity index (χ0v) is 12.2. The fraction of sp³-hybridized carbons (Fsp3) is 0.188. The van der Waals surface area contributed by atoms with Crippen LogP contribution in [-0.4, -0.2) is 12.0 Å². The Bertz CT molecular complexity index is 633. The van der Waals surface area contributed by atoms with Gasteiger partial charge in [0.1, 0.15) is 11.6 Å². The normalized spacial score (nSPS) is 11.8. The maximum atomic E-state index is 13.5. The molecule has 3 nitrogen and oxygen atoms in total. The Balaban J connectivity index is 2.09. The first-order chi connectivity index (χ1) is 10.1. The predicted octanol–water partition coefficient (Wildman–Crippen LogP) is 4.28. The molecular formula is C16H15ClFNO2. The highest BCUT2D eigenvalue weighted by Crippen LogP contribution is 2.25. The van der Waals surface area contributed by atoms with Crippen molar-refractivity contribution in [3.8, 4) is 5.75 Å². The van der Waals surface area contributed by atoms with Crippen LogP contribution in [0.1, 0.15) is 13.3 Å². The third-order valence-corrected chi connectivity index (χ3v) is 3.21. The van der Waals surface area contributed by atoms with Crippen molar-refractivity contribution in [1.82, 2.24) is 0 Å². The zero-order chi connectivity index (χ0) is 15.2. The van der Waals surface area contributed by atoms with Crippen molar-refractivity contribution < 1.29 is 13.9 Å². The summed E-state index contributed by atoms with van der Waals surface area (Å²) in [5.41, 5.74) is 0.128. The number of amides is 1. The maximum absolute atomic E-state index is 13.5. The third kappa shape index (κ3) is 3.95. The van der Waals surface area contributed by atoms with E-state index in [9.17, 15) is 9.18 Å². The molecule has 2 aromatic carbocycles. The zero-order valence-electron chi connectivity index (χ0n) is 11.5. The Hall–Kier alpha value is -2.07. The number of hydrogen-bond acceptors (Lipinski definition) is 2. The van der Waals surface area contributed by atoms with Crippen molar-refractivity contribution in [3.05, 3.63) is 59.4 Å². The van der Waals surface area contributed by atoms with Gasteiger partial charge in [-0.3, -0.25) is 4.79 Å². The molecule has 0 aliphatic carbocycles. The van der Waals surface area contributed by atoms with Gasteiger partial charge in [0.05, 0.1) is 10.7 Å². The molecule has 5 heteroatoms. The Morgan fingerprint density at radius 3 is 2.57 bits per heavy atom. The summed E-state index contributed by atoms with van der Waals surface area (Å²) < 4.78 is 19.1. The number of para-hydroxylation sites is 2. The first-order valence-corrected chi connectivity index (χ1v) is 6.96. The maximum Gasteiger partial charge on any atom is 0.265 e. The first-order valence-electron chi connectivity index (χ1n) is 6.58. The summed E-state index contributed by atoms with van der Waals surface area (Å²) in [6.45, 7) is 1.81. The Labute approximate surface area is 127 Å². The van der Waals surface area contributed by atoms with Crippen LogP contribution in [-0.2, 0) is 4.79 Å². The van der Waals surface area contributed by atoms with Crippen LogP contribution in [0.4, 0.5) is 10.1 Å². The van der Waals surface area contributed by atoms with Crippen LogP contribution in [0.25, 0.3) is 0 Å². The monoisotopic (exact) mass is 307 g/mol. The lowest BCUT2D eigenvalue weighted by Gasteiger charge is -2.18. The molecule has 2 aromatic rings. The smallest absolute Gasteiger partial charge is 0.265 e. The highest BCUT2D eigenvalue weighted by atomic mass is 35.5. The average molecular weight is 308 g/mol. The van der Waals surface area contributed by atoms with Gasteiger partial charge in [-0.25, -0.2) is 4.39 Å². The summed E-state index contributed by atoms with van der Waals surface area (Å²) in [6, 6.07) is 12.9. The number of ether oxygens (including phenoxy) is 1. The topological polar surface area (TPSA) is 38.3 Å². The van der Waals surface area contributed by atoms with Gasteiger partial charge in [-0.05, 0) is 30.7 Å². The fourth-order valence-corrected chi connectivity index (χ4v) is 1.97. The van der Waals surface area contributed by atoms with E-state index in [1.165, 1.54) is 12.1 Å². The van der Waals surface area contributed by atoms with E-state index >= 15 is 0 Å². The van der Waals surface area contributed by atoms with Gasteiger partial charge < -0.3 is 10.1 Å². The van der Waals surface area contributed by atoms with Crippen molar-refractivity contribution in [3.63, 3.8) is 0 Å². The first kappa shape index (κ1) is 15.3. The summed E-state index contributed by atoms with van der Waals surface area (Å²) in [5, 5.41) is 2.94. The second kappa shape index (κ2) is 7.09. The molecule has 0 radical (unpaired) electrons. The fourth-order valence-electron chi connectivity index (χ4n) is 1.79. The molecule has 1 N–H and O–H groups in total. The van der Waals surface area contributed by atoms with Crippen molar-refractivity contribution >= 4 is 23.2 Å². The number of halogens is 2. The second-order valence-corrected chi connectivity index (χ2v) is 4.82. The lowest BCUT2D eigenvalue weighted by molar-refractivity contribution is -0.122. The minimum Gasteiger partial charge on any atom is -0.479 e. The molecule has 21 heavy (non-hydrogen) atoms. The molecule has 1 amide bonds. The number of carbonyl (C=O) groups is 1. The molecule has 0 fully saturated rings. The van der Waals surface area contributed by atoms with Gasteiger partial charge >= 0.3 is 0 Å². The molecule has 0 saturated carbocycles. The second-order valence-electron chi connectivity index (χ2n) is 4.41. The number of carbonyl (C=O) groups excluding carboxylic acids is 1. The SMILES string of the molecule is CC[C@H](Oc1ccccc1Cl)C(=O)Nc1ccccc1F. The lowest BCUT2D eigenvalue weighted by atomic mass is 10.2. The Morgan fingerprint density at radius 1 is 1.24 bits per heavy atom. The van der Waals surface area contributed by atoms with Crippen molar-refractivity contribution in [1.29, 1.82) is 0 Å². The van der Waals surface area contributed by atoms with E-state index in [4.69, 9.17) is 16.3 Å². The summed E-state index contributed by atoms with van der Waals surface area (Å²) in [7, 11) is 0. The molecule has 1 atom stereocenters. The molecule has 2 rings (SSSR count). The Kier molecular flexibility index (Phi) is 5.17. The molecule has 0 unspecified atom stereocenters. The molecule has 110 valence electrons. The third-order valence-electron chi connectivity index (χ3n) is 2.90. The van der Waals surface area contributed by atoms with Gasteiger partial charge in [-0.1, -0.05) is 42.8 Å². The van der Waals surface area contributed by atoms with Gasteiger partial charge in [0.2, 0.25) is 0 Å². The molecule has 0 spiro atoms. The molecule has 0 aromatic heterocycles. The average Bonchev–Trinajstić information content (AvgIpc) is 2.48. The van der Waals surface area contributed by atoms with Crippen molar-refractivity contribution in [2.24, 2.45) is 0 Å². The molecule has 0 heterocycles. The van der Waals surface area contributed by atoms with Crippen LogP contribution in [0.5, 0.6) is 5.75 Å². The lowest BCUT2D eigenvalue weighted by Crippen LogP contribution is -2.32. The van der Waals surface area contributed by atoms with E-state index in [1.54, 1.807) is 36.4 Å². The summed E-state index contributed by atoms with van der Waals surface area (Å²) in [5.74, 6) is -0.476. The van der Waals surface area contributed by atoms with E-state index in [-0.39, 0.29) is 5.69 Å². The minimum absolute atomic E-state index is 0.128. The van der Waals surface area contributed by atoms with Crippen molar-refractivity contribution in [2.75, 3.05) is 5.32 Å². The van der Waals surface area contributed by atoms with Gasteiger partial charge in [0.15, 0.2) is 6.10 Å². The van der Waals surface area contributed by atoms with E-state index in [1.807, 2.05) is 6.92 Å². The highest BCUT2D eigenvalue weighted by molar-refractivity contribution is 6.32. The number of anilines is 1. The minimum atomic E-state index is -0.746. The van der Waals surface area contributed by atoms with Crippen LogP contribution in [0, 0.1) is 5.82 Å². The van der Waals surface area contributed by atoms with E-state index in [0.29, 0.717) is 17.2 Å². The van der Waals surface area contributed by atoms with E-state index < -0.39 is 17.8 Å². The molecule has 0 saturated heterocycles. The highest BCUT2D eigenvalue weighted by Gasteiger charge is 2.20. The van der Waals surface area contributed by atoms with Crippen LogP contribution >= 0.6 is 11.6 Å². The summed E-state index contributed by atoms with van der Waals surface area (Å²) in [6.07, 6.45) is -0.310. The van der Waals surface area contributed by atoms with E-state index in [0.717, 1.165) is 0 Å². The molecule has 0 bridgehead atoms. The predicted molar refractivity (Wildman–Crippen MR) is 81.2 cm³/mol. The van der Waals surface area contributed by atoms with Gasteiger partial charge in [-0.2, -0.15) is 0 Å². The van der Waals surface area contributed by atoms with Crippen LogP contribution in [0.3, 0.4) is 0 Å². The standard InChI is InChI=1S/C16H15ClFNO2/c1-2-14(21-15-10-6-3-7-11(15)17)16(20)19-13-9-5-4-8-12(13)18/h3-10,14H,2H2,1H3,(H,19,20)/t14-/m0/s1. The number of hydrogen-bond donors (Lipinski definition) is 1. The van der Waals surface area contributed by atoms with Crippen LogP contribution in [0.2, 0.25) is 5.02 Å². The molecular weight excluding hydrogens is 293 g/mol. The molecule has 0 aliphatic rings. The molecule has 0 aliphatic heterocycles. The van der Waals surface area contributed by atoms with Gasteiger partial charge in [0, 0.05) is 0 Å². The Morgan fingerprint density at radius 2 is 1.90 bits per heavy atom. The van der Waals surface area contributed by atoms with Gasteiger partial charge in [0.25, 0.3) is 5.91 Å². The quantitative estimate of drug-likeness (QED) is 0.895. The summed E-state index contributed by atoms with van der Waals surface area (Å²) in [4.78, 5) is 12.2. The van der Waals surface area contributed by atoms with Crippen molar-refractivity contribution in [2.45, 2.75) is 19.4 Å². The van der Waals surface area contributed by atoms with Crippen LogP contribution < -0.4 is 10.1 Å². The van der Waals surface area contributed by atoms with Gasteiger partial charge in [-0.15, -0.1) is 0 Å². The number of rotatable bonds is 5. The number of nitrogens with one attached hydrogen (secondary N) is 1. The summed E-state index contributed by atoms with van der Waals surface area (Å²) >= 11 is 6.00. The van der Waals surface area contributed by atoms with Crippen LogP contribution in [0.15, 0.2) is 48.5 Å².